The fraction of sp³-hybridized carbons (Fsp3) is 0.900. The van der Waals surface area contributed by atoms with Crippen LogP contribution in [-0.2, 0) is 38.1 Å². The van der Waals surface area contributed by atoms with Gasteiger partial charge in [-0.05, 0) is 159 Å². The van der Waals surface area contributed by atoms with E-state index in [0.29, 0.717) is 0 Å². The predicted molar refractivity (Wildman–Crippen MR) is 199 cm³/mol. The molecule has 298 valence electrons. The Hall–Kier alpha value is -2.28. The van der Waals surface area contributed by atoms with Gasteiger partial charge in [0.2, 0.25) is 0 Å². The van der Waals surface area contributed by atoms with Gasteiger partial charge < -0.3 is 40.2 Å². The van der Waals surface area contributed by atoms with Crippen molar-refractivity contribution in [1.29, 1.82) is 0 Å². The zero-order chi connectivity index (χ0) is 38.2. The SMILES string of the molecule is CC(C)(OC(=O)CC(C(=O)OC(C)(C)C1CCNCC1)C(CC(=O)OC(C)(C)C1CCNCC1)C(=O)OC(C)(C)C1CCNCC1)C1CCNCC1. The number of carbonyl (C=O) groups is 4. The first-order valence-corrected chi connectivity index (χ1v) is 20.1. The van der Waals surface area contributed by atoms with E-state index in [1.165, 1.54) is 0 Å². The number of rotatable bonds is 15. The minimum Gasteiger partial charge on any atom is -0.459 e. The van der Waals surface area contributed by atoms with Crippen molar-refractivity contribution in [3.63, 3.8) is 0 Å². The van der Waals surface area contributed by atoms with Crippen molar-refractivity contribution in [3.05, 3.63) is 0 Å². The summed E-state index contributed by atoms with van der Waals surface area (Å²) in [6, 6.07) is 0. The third-order valence-corrected chi connectivity index (χ3v) is 12.6. The first kappa shape index (κ1) is 42.5. The van der Waals surface area contributed by atoms with E-state index >= 15 is 0 Å². The molecule has 52 heavy (non-hydrogen) atoms. The number of nitrogens with one attached hydrogen (secondary N) is 4. The van der Waals surface area contributed by atoms with E-state index in [-0.39, 0.29) is 23.7 Å². The molecular weight excluding hydrogens is 664 g/mol. The molecule has 4 rings (SSSR count). The zero-order valence-corrected chi connectivity index (χ0v) is 33.5. The monoisotopic (exact) mass is 735 g/mol. The zero-order valence-electron chi connectivity index (χ0n) is 33.5. The first-order valence-electron chi connectivity index (χ1n) is 20.1. The number of esters is 4. The Kier molecular flexibility index (Phi) is 15.0. The average Bonchev–Trinajstić information content (AvgIpc) is 3.10. The predicted octanol–water partition coefficient (Wildman–Crippen LogP) is 4.28. The molecule has 0 saturated carbocycles. The molecule has 0 aromatic heterocycles. The van der Waals surface area contributed by atoms with Crippen LogP contribution >= 0.6 is 0 Å². The standard InChI is InChI=1S/C40H70N4O8/c1-37(2,27-9-17-41-18-10-27)49-33(45)25-31(35(47)51-39(5,6)29-13-21-43-22-14-29)32(36(48)52-40(7,8)30-15-23-44-24-16-30)26-34(46)50-38(3,4)28-11-19-42-20-12-28/h27-32,41-44H,9-26H2,1-8H3. The van der Waals surface area contributed by atoms with Crippen LogP contribution in [0.3, 0.4) is 0 Å². The Morgan fingerprint density at radius 3 is 0.865 bits per heavy atom. The second-order valence-corrected chi connectivity index (χ2v) is 17.9. The van der Waals surface area contributed by atoms with Crippen molar-refractivity contribution in [2.45, 2.75) is 142 Å². The molecule has 4 heterocycles. The van der Waals surface area contributed by atoms with Gasteiger partial charge >= 0.3 is 23.9 Å². The van der Waals surface area contributed by atoms with E-state index in [0.717, 1.165) is 104 Å². The number of piperidine rings is 4. The van der Waals surface area contributed by atoms with Crippen LogP contribution in [-0.4, -0.2) is 98.6 Å². The maximum Gasteiger partial charge on any atom is 0.310 e. The van der Waals surface area contributed by atoms with Crippen LogP contribution in [0.4, 0.5) is 0 Å². The third kappa shape index (κ3) is 11.9. The molecule has 2 atom stereocenters. The molecule has 4 aliphatic heterocycles. The van der Waals surface area contributed by atoms with Gasteiger partial charge in [-0.15, -0.1) is 0 Å². The second kappa shape index (κ2) is 18.4. The summed E-state index contributed by atoms with van der Waals surface area (Å²) in [5.41, 5.74) is -3.30. The van der Waals surface area contributed by atoms with Crippen LogP contribution < -0.4 is 21.3 Å². The highest BCUT2D eigenvalue weighted by Gasteiger charge is 2.47. The van der Waals surface area contributed by atoms with Gasteiger partial charge in [0, 0.05) is 23.7 Å². The van der Waals surface area contributed by atoms with Gasteiger partial charge in [-0.3, -0.25) is 19.2 Å². The van der Waals surface area contributed by atoms with Crippen molar-refractivity contribution < 1.29 is 38.1 Å². The summed E-state index contributed by atoms with van der Waals surface area (Å²) in [7, 11) is 0. The third-order valence-electron chi connectivity index (χ3n) is 12.6. The molecule has 0 aliphatic carbocycles. The van der Waals surface area contributed by atoms with Crippen molar-refractivity contribution in [1.82, 2.24) is 21.3 Å². The largest absolute Gasteiger partial charge is 0.459 e. The highest BCUT2D eigenvalue weighted by atomic mass is 16.6. The lowest BCUT2D eigenvalue weighted by atomic mass is 9.81. The normalized spacial score (nSPS) is 22.2. The maximum atomic E-state index is 14.5. The summed E-state index contributed by atoms with van der Waals surface area (Å²) in [4.78, 5) is 56.9. The van der Waals surface area contributed by atoms with E-state index in [1.807, 2.05) is 55.4 Å². The Morgan fingerprint density at radius 2 is 0.635 bits per heavy atom. The summed E-state index contributed by atoms with van der Waals surface area (Å²) >= 11 is 0. The van der Waals surface area contributed by atoms with Crippen molar-refractivity contribution in [3.8, 4) is 0 Å². The van der Waals surface area contributed by atoms with Crippen LogP contribution in [0.5, 0.6) is 0 Å². The van der Waals surface area contributed by atoms with E-state index in [9.17, 15) is 19.2 Å². The van der Waals surface area contributed by atoms with Gasteiger partial charge in [0.25, 0.3) is 0 Å². The summed E-state index contributed by atoms with van der Waals surface area (Å²) in [5.74, 6) is -4.80. The number of carbonyl (C=O) groups excluding carboxylic acids is 4. The molecule has 4 aliphatic rings. The van der Waals surface area contributed by atoms with Gasteiger partial charge in [-0.25, -0.2) is 0 Å². The molecule has 4 saturated heterocycles. The summed E-state index contributed by atoms with van der Waals surface area (Å²) in [6.07, 6.45) is 5.88. The molecule has 0 radical (unpaired) electrons. The molecule has 4 N–H and O–H groups in total. The molecule has 12 heteroatoms. The number of hydrogen-bond donors (Lipinski definition) is 4. The van der Waals surface area contributed by atoms with Crippen molar-refractivity contribution in [2.75, 3.05) is 52.4 Å². The van der Waals surface area contributed by atoms with Crippen LogP contribution in [0.2, 0.25) is 0 Å². The molecule has 4 fully saturated rings. The Bertz CT molecular complexity index is 1100. The smallest absolute Gasteiger partial charge is 0.310 e. The minimum absolute atomic E-state index is 0.0872. The molecule has 0 amide bonds. The lowest BCUT2D eigenvalue weighted by Crippen LogP contribution is -2.48. The minimum atomic E-state index is -1.32. The summed E-state index contributed by atoms with van der Waals surface area (Å²) < 4.78 is 24.8. The van der Waals surface area contributed by atoms with E-state index in [2.05, 4.69) is 21.3 Å². The summed E-state index contributed by atoms with van der Waals surface area (Å²) in [6.45, 7) is 21.8. The molecule has 0 aromatic rings. The topological polar surface area (TPSA) is 153 Å². The summed E-state index contributed by atoms with van der Waals surface area (Å²) in [5, 5.41) is 13.4. The number of ether oxygens (including phenoxy) is 4. The molecule has 0 spiro atoms. The fourth-order valence-electron chi connectivity index (χ4n) is 8.88. The Morgan fingerprint density at radius 1 is 0.423 bits per heavy atom. The lowest BCUT2D eigenvalue weighted by molar-refractivity contribution is -0.188. The van der Waals surface area contributed by atoms with E-state index in [4.69, 9.17) is 18.9 Å². The average molecular weight is 735 g/mol. The highest BCUT2D eigenvalue weighted by molar-refractivity contribution is 5.89. The Labute approximate surface area is 312 Å². The van der Waals surface area contributed by atoms with Crippen LogP contribution in [0.25, 0.3) is 0 Å². The maximum absolute atomic E-state index is 14.5. The van der Waals surface area contributed by atoms with E-state index in [1.54, 1.807) is 0 Å². The Balaban J connectivity index is 1.64. The van der Waals surface area contributed by atoms with Crippen molar-refractivity contribution in [2.24, 2.45) is 35.5 Å². The number of hydrogen-bond acceptors (Lipinski definition) is 12. The van der Waals surface area contributed by atoms with E-state index < -0.39 is 71.0 Å². The van der Waals surface area contributed by atoms with Gasteiger partial charge in [-0.2, -0.15) is 0 Å². The van der Waals surface area contributed by atoms with Crippen LogP contribution in [0, 0.1) is 35.5 Å². The van der Waals surface area contributed by atoms with Gasteiger partial charge in [0.05, 0.1) is 24.7 Å². The molecule has 12 nitrogen and oxygen atoms in total. The highest BCUT2D eigenvalue weighted by Crippen LogP contribution is 2.37. The molecular formula is C40H70N4O8. The van der Waals surface area contributed by atoms with Gasteiger partial charge in [0.1, 0.15) is 22.4 Å². The van der Waals surface area contributed by atoms with Crippen molar-refractivity contribution >= 4 is 23.9 Å². The molecule has 0 aromatic carbocycles. The quantitative estimate of drug-likeness (QED) is 0.140. The lowest BCUT2D eigenvalue weighted by Gasteiger charge is -2.40. The first-order chi connectivity index (χ1) is 24.4. The molecule has 2 unspecified atom stereocenters. The van der Waals surface area contributed by atoms with Gasteiger partial charge in [0.15, 0.2) is 0 Å². The molecule has 0 bridgehead atoms. The van der Waals surface area contributed by atoms with Crippen LogP contribution in [0.1, 0.15) is 120 Å². The van der Waals surface area contributed by atoms with Gasteiger partial charge in [-0.1, -0.05) is 0 Å². The second-order valence-electron chi connectivity index (χ2n) is 17.9. The van der Waals surface area contributed by atoms with Crippen LogP contribution in [0.15, 0.2) is 0 Å². The fourth-order valence-corrected chi connectivity index (χ4v) is 8.88.